The highest BCUT2D eigenvalue weighted by Crippen LogP contribution is 2.39. The maximum Gasteiger partial charge on any atom is 0.249 e. The summed E-state index contributed by atoms with van der Waals surface area (Å²) in [5, 5.41) is 3.13. The van der Waals surface area contributed by atoms with Crippen molar-refractivity contribution in [1.29, 1.82) is 0 Å². The summed E-state index contributed by atoms with van der Waals surface area (Å²) in [7, 11) is 0. The van der Waals surface area contributed by atoms with E-state index in [1.165, 1.54) is 0 Å². The Morgan fingerprint density at radius 2 is 2.14 bits per heavy atom. The number of carbonyl (C=O) groups excluding carboxylic acids is 1. The molecule has 1 unspecified atom stereocenters. The van der Waals surface area contributed by atoms with Gasteiger partial charge in [-0.1, -0.05) is 18.2 Å². The average molecular weight is 304 g/mol. The van der Waals surface area contributed by atoms with Gasteiger partial charge < -0.3 is 20.5 Å². The summed E-state index contributed by atoms with van der Waals surface area (Å²) in [5.74, 6) is 0.796. The second-order valence-electron chi connectivity index (χ2n) is 6.72. The summed E-state index contributed by atoms with van der Waals surface area (Å²) in [6.07, 6.45) is 1.95. The molecule has 1 amide bonds. The molecule has 1 aromatic carbocycles. The van der Waals surface area contributed by atoms with Gasteiger partial charge in [-0.3, -0.25) is 4.79 Å². The van der Waals surface area contributed by atoms with E-state index in [1.54, 1.807) is 0 Å². The Labute approximate surface area is 131 Å². The molecule has 0 aromatic heterocycles. The molecule has 0 spiro atoms. The van der Waals surface area contributed by atoms with Gasteiger partial charge in [0.1, 0.15) is 17.5 Å². The lowest BCUT2D eigenvalue weighted by Crippen LogP contribution is -2.44. The van der Waals surface area contributed by atoms with Crippen LogP contribution >= 0.6 is 0 Å². The van der Waals surface area contributed by atoms with Crippen LogP contribution in [0.1, 0.15) is 44.7 Å². The van der Waals surface area contributed by atoms with Crippen LogP contribution in [0.3, 0.4) is 0 Å². The minimum absolute atomic E-state index is 0.00849. The van der Waals surface area contributed by atoms with Crippen LogP contribution in [0.5, 0.6) is 5.75 Å². The Morgan fingerprint density at radius 1 is 1.36 bits per heavy atom. The molecule has 3 N–H and O–H groups in total. The lowest BCUT2D eigenvalue weighted by molar-refractivity contribution is -0.133. The minimum atomic E-state index is -0.383. The molecule has 120 valence electrons. The second kappa shape index (κ2) is 5.89. The number of para-hydroxylation sites is 1. The number of ether oxygens (including phenoxy) is 2. The highest BCUT2D eigenvalue weighted by atomic mass is 16.5. The molecule has 0 radical (unpaired) electrons. The Hall–Kier alpha value is -1.59. The number of amides is 1. The van der Waals surface area contributed by atoms with Gasteiger partial charge in [-0.25, -0.2) is 0 Å². The van der Waals surface area contributed by atoms with E-state index >= 15 is 0 Å². The van der Waals surface area contributed by atoms with Crippen LogP contribution in [0.2, 0.25) is 0 Å². The van der Waals surface area contributed by atoms with Crippen LogP contribution in [0.4, 0.5) is 0 Å². The van der Waals surface area contributed by atoms with Gasteiger partial charge in [0.2, 0.25) is 5.91 Å². The summed E-state index contributed by atoms with van der Waals surface area (Å²) >= 11 is 0. The Balaban J connectivity index is 1.73. The Bertz CT molecular complexity index is 559. The number of nitrogens with one attached hydrogen (secondary N) is 1. The summed E-state index contributed by atoms with van der Waals surface area (Å²) < 4.78 is 11.7. The summed E-state index contributed by atoms with van der Waals surface area (Å²) in [5.41, 5.74) is 6.33. The summed E-state index contributed by atoms with van der Waals surface area (Å²) in [6, 6.07) is 7.83. The lowest BCUT2D eigenvalue weighted by Gasteiger charge is -2.38. The fourth-order valence-corrected chi connectivity index (χ4v) is 3.27. The molecule has 0 saturated carbocycles. The molecule has 0 bridgehead atoms. The van der Waals surface area contributed by atoms with Crippen molar-refractivity contribution in [3.63, 3.8) is 0 Å². The highest BCUT2D eigenvalue weighted by Gasteiger charge is 2.37. The van der Waals surface area contributed by atoms with Crippen LogP contribution in [0.25, 0.3) is 0 Å². The van der Waals surface area contributed by atoms with E-state index in [4.69, 9.17) is 15.2 Å². The zero-order valence-electron chi connectivity index (χ0n) is 13.2. The molecule has 1 saturated heterocycles. The third-order valence-electron chi connectivity index (χ3n) is 4.36. The van der Waals surface area contributed by atoms with E-state index in [2.05, 4.69) is 5.32 Å². The standard InChI is InChI=1S/C17H24N2O3/c1-17(2)9-13(12-5-3-4-6-14(12)22-17)19-16(20)15-8-7-11(10-18)21-15/h3-6,11,13,15H,7-10,18H2,1-2H3,(H,19,20)/t11-,13?,15+/m1/s1. The Morgan fingerprint density at radius 3 is 2.86 bits per heavy atom. The molecule has 3 rings (SSSR count). The van der Waals surface area contributed by atoms with Crippen molar-refractivity contribution in [3.8, 4) is 5.75 Å². The topological polar surface area (TPSA) is 73.6 Å². The third-order valence-corrected chi connectivity index (χ3v) is 4.36. The predicted octanol–water partition coefficient (Wildman–Crippen LogP) is 1.91. The first-order valence-electron chi connectivity index (χ1n) is 7.92. The van der Waals surface area contributed by atoms with Gasteiger partial charge in [-0.2, -0.15) is 0 Å². The maximum atomic E-state index is 12.5. The van der Waals surface area contributed by atoms with E-state index in [0.717, 1.165) is 30.6 Å². The normalized spacial score (nSPS) is 29.5. The number of fused-ring (bicyclic) bond motifs is 1. The second-order valence-corrected chi connectivity index (χ2v) is 6.72. The first-order valence-corrected chi connectivity index (χ1v) is 7.92. The molecular weight excluding hydrogens is 280 g/mol. The first-order chi connectivity index (χ1) is 10.5. The molecule has 2 aliphatic heterocycles. The highest BCUT2D eigenvalue weighted by molar-refractivity contribution is 5.81. The molecule has 2 heterocycles. The number of hydrogen-bond donors (Lipinski definition) is 2. The van der Waals surface area contributed by atoms with Crippen LogP contribution < -0.4 is 15.8 Å². The monoisotopic (exact) mass is 304 g/mol. The SMILES string of the molecule is CC1(C)CC(NC(=O)[C@@H]2CC[C@H](CN)O2)c2ccccc2O1. The smallest absolute Gasteiger partial charge is 0.249 e. The minimum Gasteiger partial charge on any atom is -0.487 e. The van der Waals surface area contributed by atoms with Crippen molar-refractivity contribution >= 4 is 5.91 Å². The average Bonchev–Trinajstić information content (AvgIpc) is 2.95. The number of nitrogens with two attached hydrogens (primary N) is 1. The van der Waals surface area contributed by atoms with Crippen molar-refractivity contribution in [3.05, 3.63) is 29.8 Å². The summed E-state index contributed by atoms with van der Waals surface area (Å²) in [6.45, 7) is 4.55. The van der Waals surface area contributed by atoms with Crippen LogP contribution in [-0.2, 0) is 9.53 Å². The number of hydrogen-bond acceptors (Lipinski definition) is 4. The summed E-state index contributed by atoms with van der Waals surface area (Å²) in [4.78, 5) is 12.5. The van der Waals surface area contributed by atoms with Gasteiger partial charge in [0, 0.05) is 18.5 Å². The quantitative estimate of drug-likeness (QED) is 0.894. The van der Waals surface area contributed by atoms with Crippen molar-refractivity contribution < 1.29 is 14.3 Å². The van der Waals surface area contributed by atoms with E-state index in [9.17, 15) is 4.79 Å². The molecule has 5 heteroatoms. The molecule has 22 heavy (non-hydrogen) atoms. The van der Waals surface area contributed by atoms with Crippen molar-refractivity contribution in [2.75, 3.05) is 6.54 Å². The fraction of sp³-hybridized carbons (Fsp3) is 0.588. The largest absolute Gasteiger partial charge is 0.487 e. The van der Waals surface area contributed by atoms with Gasteiger partial charge in [0.05, 0.1) is 12.1 Å². The van der Waals surface area contributed by atoms with Crippen LogP contribution in [-0.4, -0.2) is 30.3 Å². The van der Waals surface area contributed by atoms with Crippen LogP contribution in [0, 0.1) is 0 Å². The third kappa shape index (κ3) is 3.10. The molecule has 0 aliphatic carbocycles. The lowest BCUT2D eigenvalue weighted by atomic mass is 9.89. The van der Waals surface area contributed by atoms with Crippen molar-refractivity contribution in [1.82, 2.24) is 5.32 Å². The molecule has 2 aliphatic rings. The predicted molar refractivity (Wildman–Crippen MR) is 83.6 cm³/mol. The molecule has 3 atom stereocenters. The van der Waals surface area contributed by atoms with E-state index < -0.39 is 0 Å². The number of rotatable bonds is 3. The molecule has 1 fully saturated rings. The van der Waals surface area contributed by atoms with Gasteiger partial charge in [0.15, 0.2) is 0 Å². The molecule has 5 nitrogen and oxygen atoms in total. The molecular formula is C17H24N2O3. The van der Waals surface area contributed by atoms with Gasteiger partial charge in [-0.15, -0.1) is 0 Å². The van der Waals surface area contributed by atoms with Gasteiger partial charge >= 0.3 is 0 Å². The van der Waals surface area contributed by atoms with Gasteiger partial charge in [-0.05, 0) is 32.8 Å². The fourth-order valence-electron chi connectivity index (χ4n) is 3.27. The van der Waals surface area contributed by atoms with Crippen molar-refractivity contribution in [2.45, 2.75) is 57.0 Å². The maximum absolute atomic E-state index is 12.5. The molecule has 1 aromatic rings. The number of carbonyl (C=O) groups is 1. The van der Waals surface area contributed by atoms with E-state index in [-0.39, 0.29) is 29.8 Å². The zero-order valence-corrected chi connectivity index (χ0v) is 13.2. The zero-order chi connectivity index (χ0) is 15.7. The Kier molecular flexibility index (Phi) is 4.10. The van der Waals surface area contributed by atoms with E-state index in [0.29, 0.717) is 6.54 Å². The number of benzene rings is 1. The van der Waals surface area contributed by atoms with Crippen LogP contribution in [0.15, 0.2) is 24.3 Å². The first kappa shape index (κ1) is 15.3. The van der Waals surface area contributed by atoms with E-state index in [1.807, 2.05) is 38.1 Å². The van der Waals surface area contributed by atoms with Gasteiger partial charge in [0.25, 0.3) is 0 Å². The van der Waals surface area contributed by atoms with Crippen molar-refractivity contribution in [2.24, 2.45) is 5.73 Å².